The summed E-state index contributed by atoms with van der Waals surface area (Å²) in [6.07, 6.45) is -0.469. The molecule has 0 aromatic heterocycles. The largest absolute Gasteiger partial charge is 2.00 e. The molecular formula is C19H18N4O2PtS2. The number of hydrogen-bond donors (Lipinski definition) is 0. The number of hydrazone groups is 2. The number of benzene rings is 2. The van der Waals surface area contributed by atoms with Crippen LogP contribution < -0.4 is 10.2 Å². The van der Waals surface area contributed by atoms with E-state index in [4.69, 9.17) is 24.4 Å². The minimum absolute atomic E-state index is 0. The molecule has 28 heavy (non-hydrogen) atoms. The molecule has 2 rings (SSSR count). The fraction of sp³-hybridized carbons (Fsp3) is 0.158. The van der Waals surface area contributed by atoms with Crippen LogP contribution in [0.4, 0.5) is 0 Å². The maximum Gasteiger partial charge on any atom is 2.00 e. The van der Waals surface area contributed by atoms with Gasteiger partial charge in [0.05, 0.1) is 0 Å². The molecule has 9 heteroatoms. The van der Waals surface area contributed by atoms with Crippen molar-refractivity contribution in [2.24, 2.45) is 10.2 Å². The zero-order valence-corrected chi connectivity index (χ0v) is 19.1. The van der Waals surface area contributed by atoms with Gasteiger partial charge in [0.25, 0.3) is 0 Å². The zero-order valence-electron chi connectivity index (χ0n) is 15.2. The summed E-state index contributed by atoms with van der Waals surface area (Å²) < 4.78 is 0. The summed E-state index contributed by atoms with van der Waals surface area (Å²) in [6.45, 7) is 0. The fourth-order valence-corrected chi connectivity index (χ4v) is 2.51. The van der Waals surface area contributed by atoms with Crippen LogP contribution in [0, 0.1) is 0 Å². The van der Waals surface area contributed by atoms with E-state index in [1.165, 1.54) is 10.0 Å². The van der Waals surface area contributed by atoms with Crippen molar-refractivity contribution in [1.82, 2.24) is 10.0 Å². The first-order chi connectivity index (χ1) is 12.9. The number of nitrogens with zero attached hydrogens (tertiary/aromatic N) is 4. The predicted octanol–water partition coefficient (Wildman–Crippen LogP) is 1.34. The van der Waals surface area contributed by atoms with Crippen molar-refractivity contribution >= 4 is 46.2 Å². The molecule has 0 aliphatic rings. The van der Waals surface area contributed by atoms with E-state index < -0.39 is 18.2 Å². The summed E-state index contributed by atoms with van der Waals surface area (Å²) in [5, 5.41) is 34.2. The molecule has 0 heterocycles. The second kappa shape index (κ2) is 11.6. The molecule has 148 valence electrons. The van der Waals surface area contributed by atoms with Gasteiger partial charge in [0, 0.05) is 31.6 Å². The Bertz CT molecular complexity index is 789. The first kappa shape index (κ1) is 23.9. The van der Waals surface area contributed by atoms with Crippen LogP contribution in [0.1, 0.15) is 17.5 Å². The van der Waals surface area contributed by atoms with E-state index in [9.17, 15) is 10.2 Å². The van der Waals surface area contributed by atoms with E-state index in [0.717, 1.165) is 11.1 Å². The van der Waals surface area contributed by atoms with Gasteiger partial charge in [-0.25, -0.2) is 0 Å². The third-order valence-corrected chi connectivity index (χ3v) is 4.45. The number of rotatable bonds is 6. The van der Waals surface area contributed by atoms with E-state index in [0.29, 0.717) is 9.98 Å². The molecular weight excluding hydrogens is 575 g/mol. The molecule has 0 N–H and O–H groups in total. The molecule has 0 aliphatic carbocycles. The Morgan fingerprint density at radius 2 is 1.07 bits per heavy atom. The fourth-order valence-electron chi connectivity index (χ4n) is 2.16. The van der Waals surface area contributed by atoms with Gasteiger partial charge in [0.15, 0.2) is 0 Å². The van der Waals surface area contributed by atoms with Crippen LogP contribution in [0.5, 0.6) is 0 Å². The van der Waals surface area contributed by atoms with Crippen LogP contribution in [0.3, 0.4) is 0 Å². The van der Waals surface area contributed by atoms with Gasteiger partial charge in [0.1, 0.15) is 9.98 Å². The van der Waals surface area contributed by atoms with E-state index in [2.05, 4.69) is 10.2 Å². The Morgan fingerprint density at radius 1 is 0.750 bits per heavy atom. The minimum atomic E-state index is -0.636. The van der Waals surface area contributed by atoms with E-state index in [-0.39, 0.29) is 21.1 Å². The Hall–Kier alpha value is -2.15. The number of hydrogen-bond acceptors (Lipinski definition) is 6. The van der Waals surface area contributed by atoms with Crippen molar-refractivity contribution in [2.45, 2.75) is 6.42 Å². The van der Waals surface area contributed by atoms with Gasteiger partial charge in [-0.2, -0.15) is 10.2 Å². The summed E-state index contributed by atoms with van der Waals surface area (Å²) in [4.78, 5) is 0.770. The molecule has 2 aromatic rings. The summed E-state index contributed by atoms with van der Waals surface area (Å²) in [7, 11) is 3.12. The maximum absolute atomic E-state index is 12.0. The monoisotopic (exact) mass is 593 g/mol. The quantitative estimate of drug-likeness (QED) is 0.218. The van der Waals surface area contributed by atoms with Crippen LogP contribution in [0.25, 0.3) is 0 Å². The van der Waals surface area contributed by atoms with Crippen molar-refractivity contribution in [2.75, 3.05) is 14.1 Å². The topological polar surface area (TPSA) is 77.3 Å². The minimum Gasteiger partial charge on any atom is -0.860 e. The summed E-state index contributed by atoms with van der Waals surface area (Å²) >= 11 is 10.6. The third-order valence-electron chi connectivity index (χ3n) is 3.45. The zero-order chi connectivity index (χ0) is 19.8. The second-order valence-corrected chi connectivity index (χ2v) is 6.33. The molecule has 0 saturated carbocycles. The van der Waals surface area contributed by atoms with Crippen molar-refractivity contribution in [3.8, 4) is 0 Å². The van der Waals surface area contributed by atoms with Gasteiger partial charge < -0.3 is 10.2 Å². The van der Waals surface area contributed by atoms with Gasteiger partial charge in [0.2, 0.25) is 0 Å². The molecule has 0 aliphatic heterocycles. The van der Waals surface area contributed by atoms with Gasteiger partial charge >= 0.3 is 21.1 Å². The van der Waals surface area contributed by atoms with Crippen LogP contribution in [0.15, 0.2) is 70.9 Å². The molecule has 0 spiro atoms. The normalized spacial score (nSPS) is 11.4. The molecule has 0 amide bonds. The van der Waals surface area contributed by atoms with E-state index in [1.54, 1.807) is 14.1 Å². The smallest absolute Gasteiger partial charge is 0.860 e. The van der Waals surface area contributed by atoms with Gasteiger partial charge in [-0.15, -0.1) is 0 Å². The first-order valence-corrected chi connectivity index (χ1v) is 8.85. The number of thiocarbonyl (C=S) groups is 2. The molecule has 0 fully saturated rings. The summed E-state index contributed by atoms with van der Waals surface area (Å²) in [5.41, 5.74) is 1.52. The van der Waals surface area contributed by atoms with Crippen molar-refractivity contribution in [3.05, 3.63) is 71.8 Å². The van der Waals surface area contributed by atoms with Gasteiger partial charge in [-0.05, 0) is 11.8 Å². The van der Waals surface area contributed by atoms with Crippen LogP contribution in [-0.2, 0) is 21.1 Å². The standard InChI is InChI=1S/C19H20N4O2S2.Pt/c1-22(18(26)14-9-5-3-6-10-14)20-16(24)13-17(25)21-23(2)19(27)15-11-7-4-8-12-15;/h3-12H,13H2,1-2H3,(H,20,24)(H,21,25);/q;+2/p-2. The van der Waals surface area contributed by atoms with Crippen molar-refractivity contribution in [1.29, 1.82) is 0 Å². The molecule has 2 aromatic carbocycles. The molecule has 0 unspecified atom stereocenters. The average Bonchev–Trinajstić information content (AvgIpc) is 2.67. The van der Waals surface area contributed by atoms with Gasteiger partial charge in [-0.1, -0.05) is 85.1 Å². The molecule has 0 saturated heterocycles. The van der Waals surface area contributed by atoms with E-state index in [1.807, 2.05) is 60.7 Å². The first-order valence-electron chi connectivity index (χ1n) is 8.03. The average molecular weight is 594 g/mol. The third kappa shape index (κ3) is 7.11. The molecule has 6 nitrogen and oxygen atoms in total. The Labute approximate surface area is 189 Å². The van der Waals surface area contributed by atoms with Crippen molar-refractivity contribution in [3.63, 3.8) is 0 Å². The molecule has 0 bridgehead atoms. The van der Waals surface area contributed by atoms with E-state index >= 15 is 0 Å². The molecule has 0 atom stereocenters. The van der Waals surface area contributed by atoms with Gasteiger partial charge in [-0.3, -0.25) is 10.0 Å². The Kier molecular flexibility index (Phi) is 9.93. The van der Waals surface area contributed by atoms with Crippen LogP contribution in [-0.4, -0.2) is 45.9 Å². The van der Waals surface area contributed by atoms with Crippen molar-refractivity contribution < 1.29 is 31.3 Å². The maximum atomic E-state index is 12.0. The predicted molar refractivity (Wildman–Crippen MR) is 111 cm³/mol. The molecule has 0 radical (unpaired) electrons. The summed E-state index contributed by atoms with van der Waals surface area (Å²) in [6, 6.07) is 18.4. The second-order valence-electron chi connectivity index (χ2n) is 5.55. The Morgan fingerprint density at radius 3 is 1.39 bits per heavy atom. The summed E-state index contributed by atoms with van der Waals surface area (Å²) in [5.74, 6) is -1.27. The van der Waals surface area contributed by atoms with Crippen LogP contribution in [0.2, 0.25) is 0 Å². The van der Waals surface area contributed by atoms with Crippen LogP contribution >= 0.6 is 24.4 Å². The SMILES string of the molecule is CN(/N=C(\[O-])C/C([O-])=N/N(C)C(=S)c1ccccc1)C(=S)c1ccccc1.[Pt+2]. The Balaban J connectivity index is 0.00000392.